The first-order chi connectivity index (χ1) is 12.6. The van der Waals surface area contributed by atoms with E-state index < -0.39 is 6.04 Å². The minimum Gasteiger partial charge on any atom is -0.350 e. The van der Waals surface area contributed by atoms with Gasteiger partial charge in [0.05, 0.1) is 0 Å². The van der Waals surface area contributed by atoms with E-state index >= 15 is 0 Å². The topological polar surface area (TPSA) is 61.4 Å². The van der Waals surface area contributed by atoms with Crippen molar-refractivity contribution in [3.63, 3.8) is 0 Å². The highest BCUT2D eigenvalue weighted by Crippen LogP contribution is 2.26. The summed E-state index contributed by atoms with van der Waals surface area (Å²) in [7, 11) is 0. The molecule has 0 unspecified atom stereocenters. The zero-order valence-electron chi connectivity index (χ0n) is 15.8. The second-order valence-electron chi connectivity index (χ2n) is 7.68. The molecule has 2 aliphatic rings. The Labute approximate surface area is 156 Å². The first-order valence-electron chi connectivity index (χ1n) is 10.0. The van der Waals surface area contributed by atoms with Crippen molar-refractivity contribution in [3.05, 3.63) is 35.4 Å². The fraction of sp³-hybridized carbons (Fsp3) is 0.619. The van der Waals surface area contributed by atoms with E-state index in [1.165, 1.54) is 24.8 Å². The summed E-state index contributed by atoms with van der Waals surface area (Å²) < 4.78 is 0. The maximum atomic E-state index is 12.3. The molecule has 2 N–H and O–H groups in total. The zero-order valence-corrected chi connectivity index (χ0v) is 15.8. The van der Waals surface area contributed by atoms with Crippen LogP contribution in [0, 0.1) is 5.92 Å². The number of benzene rings is 1. The highest BCUT2D eigenvalue weighted by Gasteiger charge is 2.27. The molecule has 1 aliphatic carbocycles. The molecule has 1 aromatic rings. The summed E-state index contributed by atoms with van der Waals surface area (Å²) in [5.74, 6) is 0.00497. The van der Waals surface area contributed by atoms with Crippen molar-refractivity contribution < 1.29 is 9.59 Å². The molecule has 1 saturated heterocycles. The molecule has 0 aromatic heterocycles. The lowest BCUT2D eigenvalue weighted by Crippen LogP contribution is -2.47. The monoisotopic (exact) mass is 357 g/mol. The summed E-state index contributed by atoms with van der Waals surface area (Å²) in [4.78, 5) is 26.8. The molecular formula is C21H31N3O2. The lowest BCUT2D eigenvalue weighted by atomic mass is 9.84. The lowest BCUT2D eigenvalue weighted by molar-refractivity contribution is -0.132. The zero-order chi connectivity index (χ0) is 18.4. The van der Waals surface area contributed by atoms with Crippen LogP contribution in [0.2, 0.25) is 0 Å². The van der Waals surface area contributed by atoms with Gasteiger partial charge in [0.15, 0.2) is 0 Å². The first kappa shape index (κ1) is 18.9. The molecule has 5 heteroatoms. The lowest BCUT2D eigenvalue weighted by Gasteiger charge is -2.27. The third-order valence-corrected chi connectivity index (χ3v) is 5.64. The van der Waals surface area contributed by atoms with E-state index in [0.717, 1.165) is 44.5 Å². The van der Waals surface area contributed by atoms with Crippen LogP contribution in [-0.2, 0) is 22.7 Å². The van der Waals surface area contributed by atoms with Gasteiger partial charge in [0, 0.05) is 19.0 Å². The molecule has 0 radical (unpaired) electrons. The first-order valence-corrected chi connectivity index (χ1v) is 10.0. The molecule has 0 bridgehead atoms. The molecular weight excluding hydrogens is 326 g/mol. The second-order valence-corrected chi connectivity index (χ2v) is 7.68. The molecule has 26 heavy (non-hydrogen) atoms. The summed E-state index contributed by atoms with van der Waals surface area (Å²) in [5, 5.41) is 5.82. The Morgan fingerprint density at radius 2 is 1.77 bits per heavy atom. The molecule has 1 aliphatic heterocycles. The fourth-order valence-corrected chi connectivity index (χ4v) is 3.65. The number of nitrogens with zero attached hydrogens (tertiary/aromatic N) is 1. The van der Waals surface area contributed by atoms with Crippen molar-refractivity contribution in [1.82, 2.24) is 15.5 Å². The number of nitrogens with one attached hydrogen (secondary N) is 2. The summed E-state index contributed by atoms with van der Waals surface area (Å²) in [6.45, 7) is 5.52. The van der Waals surface area contributed by atoms with Gasteiger partial charge in [0.25, 0.3) is 0 Å². The van der Waals surface area contributed by atoms with Crippen LogP contribution >= 0.6 is 0 Å². The third-order valence-electron chi connectivity index (χ3n) is 5.64. The van der Waals surface area contributed by atoms with Gasteiger partial charge in [-0.05, 0) is 56.8 Å². The van der Waals surface area contributed by atoms with Gasteiger partial charge in [0.2, 0.25) is 11.8 Å². The molecule has 1 heterocycles. The summed E-state index contributed by atoms with van der Waals surface area (Å²) in [6.07, 6.45) is 6.90. The maximum absolute atomic E-state index is 12.3. The van der Waals surface area contributed by atoms with Gasteiger partial charge in [-0.15, -0.1) is 0 Å². The summed E-state index contributed by atoms with van der Waals surface area (Å²) in [6, 6.07) is 7.82. The largest absolute Gasteiger partial charge is 0.350 e. The van der Waals surface area contributed by atoms with Crippen molar-refractivity contribution in [3.8, 4) is 0 Å². The van der Waals surface area contributed by atoms with Crippen molar-refractivity contribution in [2.24, 2.45) is 5.92 Å². The van der Waals surface area contributed by atoms with E-state index in [1.807, 2.05) is 6.07 Å². The van der Waals surface area contributed by atoms with Gasteiger partial charge in [-0.3, -0.25) is 14.5 Å². The van der Waals surface area contributed by atoms with Gasteiger partial charge in [-0.25, -0.2) is 0 Å². The number of rotatable bonds is 7. The van der Waals surface area contributed by atoms with Crippen LogP contribution in [0.4, 0.5) is 0 Å². The Hall–Kier alpha value is -1.88. The standard InChI is InChI=1S/C21H31N3O2/c1-16(23-21(26)17-10-7-11-17)20(25)22-14-18-8-3-4-9-19(18)15-24-12-5-2-6-13-24/h3-4,8-9,16-17H,2,5-7,10-15H2,1H3,(H,22,25)(H,23,26)/t16-/m0/s1. The van der Waals surface area contributed by atoms with E-state index in [9.17, 15) is 9.59 Å². The predicted octanol–water partition coefficient (Wildman–Crippen LogP) is 2.59. The molecule has 1 saturated carbocycles. The van der Waals surface area contributed by atoms with E-state index in [2.05, 4.69) is 33.7 Å². The summed E-state index contributed by atoms with van der Waals surface area (Å²) in [5.41, 5.74) is 2.43. The number of amides is 2. The molecule has 0 spiro atoms. The average Bonchev–Trinajstić information content (AvgIpc) is 2.60. The number of piperidine rings is 1. The van der Waals surface area contributed by atoms with Gasteiger partial charge in [-0.1, -0.05) is 37.1 Å². The van der Waals surface area contributed by atoms with Crippen LogP contribution in [0.3, 0.4) is 0 Å². The average molecular weight is 357 g/mol. The molecule has 5 nitrogen and oxygen atoms in total. The smallest absolute Gasteiger partial charge is 0.242 e. The molecule has 2 fully saturated rings. The van der Waals surface area contributed by atoms with Crippen LogP contribution in [0.5, 0.6) is 0 Å². The van der Waals surface area contributed by atoms with Crippen LogP contribution in [0.15, 0.2) is 24.3 Å². The second kappa shape index (κ2) is 9.17. The van der Waals surface area contributed by atoms with E-state index in [0.29, 0.717) is 6.54 Å². The fourth-order valence-electron chi connectivity index (χ4n) is 3.65. The molecule has 1 atom stereocenters. The minimum atomic E-state index is -0.489. The van der Waals surface area contributed by atoms with Gasteiger partial charge >= 0.3 is 0 Å². The van der Waals surface area contributed by atoms with Crippen LogP contribution < -0.4 is 10.6 Å². The predicted molar refractivity (Wildman–Crippen MR) is 102 cm³/mol. The number of likely N-dealkylation sites (tertiary alicyclic amines) is 1. The number of carbonyl (C=O) groups excluding carboxylic acids is 2. The molecule has 3 rings (SSSR count). The number of hydrogen-bond acceptors (Lipinski definition) is 3. The number of carbonyl (C=O) groups is 2. The van der Waals surface area contributed by atoms with Gasteiger partial charge in [0.1, 0.15) is 6.04 Å². The van der Waals surface area contributed by atoms with Crippen molar-refractivity contribution in [1.29, 1.82) is 0 Å². The van der Waals surface area contributed by atoms with Crippen LogP contribution in [-0.4, -0.2) is 35.8 Å². The van der Waals surface area contributed by atoms with Gasteiger partial charge < -0.3 is 10.6 Å². The van der Waals surface area contributed by atoms with E-state index in [1.54, 1.807) is 6.92 Å². The SMILES string of the molecule is C[C@H](NC(=O)C1CCC1)C(=O)NCc1ccccc1CN1CCCCC1. The summed E-state index contributed by atoms with van der Waals surface area (Å²) >= 11 is 0. The molecule has 2 amide bonds. The third kappa shape index (κ3) is 5.07. The molecule has 142 valence electrons. The highest BCUT2D eigenvalue weighted by atomic mass is 16.2. The van der Waals surface area contributed by atoms with Crippen molar-refractivity contribution in [2.75, 3.05) is 13.1 Å². The van der Waals surface area contributed by atoms with Gasteiger partial charge in [-0.2, -0.15) is 0 Å². The normalized spacial score (nSPS) is 19.4. The number of hydrogen-bond donors (Lipinski definition) is 2. The van der Waals surface area contributed by atoms with Crippen LogP contribution in [0.1, 0.15) is 56.6 Å². The van der Waals surface area contributed by atoms with E-state index in [-0.39, 0.29) is 17.7 Å². The Morgan fingerprint density at radius 3 is 2.42 bits per heavy atom. The van der Waals surface area contributed by atoms with Crippen molar-refractivity contribution >= 4 is 11.8 Å². The van der Waals surface area contributed by atoms with E-state index in [4.69, 9.17) is 0 Å². The molecule has 1 aromatic carbocycles. The Balaban J connectivity index is 1.50. The highest BCUT2D eigenvalue weighted by molar-refractivity contribution is 5.88. The Kier molecular flexibility index (Phi) is 6.67. The Bertz CT molecular complexity index is 621. The quantitative estimate of drug-likeness (QED) is 0.788. The van der Waals surface area contributed by atoms with Crippen molar-refractivity contribution in [2.45, 2.75) is 64.6 Å². The Morgan fingerprint density at radius 1 is 1.08 bits per heavy atom. The van der Waals surface area contributed by atoms with Crippen LogP contribution in [0.25, 0.3) is 0 Å². The maximum Gasteiger partial charge on any atom is 0.242 e. The minimum absolute atomic E-state index is 0.0180.